The quantitative estimate of drug-likeness (QED) is 0.354. The highest BCUT2D eigenvalue weighted by Gasteiger charge is 2.26. The molecule has 0 spiro atoms. The maximum absolute atomic E-state index is 12.1. The Morgan fingerprint density at radius 1 is 1.27 bits per heavy atom. The number of aliphatic imine (C=N–C) groups is 1. The molecule has 26 heavy (non-hydrogen) atoms. The average molecular weight is 352 g/mol. The van der Waals surface area contributed by atoms with Gasteiger partial charge in [-0.3, -0.25) is 10.1 Å². The van der Waals surface area contributed by atoms with E-state index in [9.17, 15) is 14.9 Å². The minimum Gasteiger partial charge on any atom is -0.493 e. The van der Waals surface area contributed by atoms with Crippen molar-refractivity contribution in [3.8, 4) is 5.75 Å². The van der Waals surface area contributed by atoms with Crippen LogP contribution in [0.25, 0.3) is 6.08 Å². The third-order valence-corrected chi connectivity index (χ3v) is 3.78. The first kappa shape index (κ1) is 17.3. The Labute approximate surface area is 149 Å². The van der Waals surface area contributed by atoms with E-state index in [1.807, 2.05) is 19.1 Å². The minimum atomic E-state index is -0.616. The molecule has 0 unspecified atom stereocenters. The summed E-state index contributed by atoms with van der Waals surface area (Å²) in [6.07, 6.45) is 1.57. The molecule has 0 amide bonds. The largest absolute Gasteiger partial charge is 0.493 e. The van der Waals surface area contributed by atoms with Gasteiger partial charge in [-0.1, -0.05) is 24.3 Å². The van der Waals surface area contributed by atoms with Crippen molar-refractivity contribution in [3.05, 3.63) is 75.0 Å². The summed E-state index contributed by atoms with van der Waals surface area (Å²) in [5.74, 6) is 0.0534. The minimum absolute atomic E-state index is 0.0400. The Morgan fingerprint density at radius 2 is 2.04 bits per heavy atom. The lowest BCUT2D eigenvalue weighted by atomic mass is 10.1. The van der Waals surface area contributed by atoms with E-state index in [1.54, 1.807) is 37.3 Å². The number of cyclic esters (lactones) is 1. The highest BCUT2D eigenvalue weighted by atomic mass is 16.6. The zero-order valence-electron chi connectivity index (χ0n) is 14.3. The van der Waals surface area contributed by atoms with Crippen molar-refractivity contribution < 1.29 is 19.2 Å². The molecule has 7 heteroatoms. The molecule has 0 saturated heterocycles. The van der Waals surface area contributed by atoms with Crippen LogP contribution in [-0.2, 0) is 9.53 Å². The van der Waals surface area contributed by atoms with Crippen molar-refractivity contribution in [2.45, 2.75) is 13.8 Å². The average Bonchev–Trinajstić information content (AvgIpc) is 2.98. The highest BCUT2D eigenvalue weighted by molar-refractivity contribution is 6.13. The number of nitro benzene ring substituents is 1. The highest BCUT2D eigenvalue weighted by Crippen LogP contribution is 2.26. The van der Waals surface area contributed by atoms with Crippen molar-refractivity contribution >= 4 is 23.6 Å². The number of hydrogen-bond donors (Lipinski definition) is 0. The molecule has 0 radical (unpaired) electrons. The number of nitrogens with zero attached hydrogens (tertiary/aromatic N) is 2. The molecule has 7 nitrogen and oxygen atoms in total. The van der Waals surface area contributed by atoms with Gasteiger partial charge in [0.25, 0.3) is 5.69 Å². The van der Waals surface area contributed by atoms with Gasteiger partial charge < -0.3 is 9.47 Å². The van der Waals surface area contributed by atoms with Crippen molar-refractivity contribution in [3.63, 3.8) is 0 Å². The molecule has 0 saturated carbocycles. The summed E-state index contributed by atoms with van der Waals surface area (Å²) < 4.78 is 10.7. The van der Waals surface area contributed by atoms with Crippen LogP contribution in [0, 0.1) is 17.0 Å². The second-order valence-electron chi connectivity index (χ2n) is 5.57. The first-order chi connectivity index (χ1) is 12.5. The van der Waals surface area contributed by atoms with Gasteiger partial charge in [0.05, 0.1) is 11.5 Å². The fourth-order valence-electron chi connectivity index (χ4n) is 2.51. The zero-order valence-corrected chi connectivity index (χ0v) is 14.3. The lowest BCUT2D eigenvalue weighted by Gasteiger charge is -2.06. The van der Waals surface area contributed by atoms with Crippen molar-refractivity contribution in [1.29, 1.82) is 0 Å². The predicted octanol–water partition coefficient (Wildman–Crippen LogP) is 3.65. The van der Waals surface area contributed by atoms with Crippen LogP contribution in [0.5, 0.6) is 5.75 Å². The van der Waals surface area contributed by atoms with Crippen LogP contribution in [-0.4, -0.2) is 23.4 Å². The molecule has 0 atom stereocenters. The number of benzene rings is 2. The third kappa shape index (κ3) is 3.46. The van der Waals surface area contributed by atoms with Gasteiger partial charge in [0, 0.05) is 22.8 Å². The third-order valence-electron chi connectivity index (χ3n) is 3.78. The number of carbonyl (C=O) groups excluding carboxylic acids is 1. The van der Waals surface area contributed by atoms with Gasteiger partial charge in [0.1, 0.15) is 5.75 Å². The predicted molar refractivity (Wildman–Crippen MR) is 96.1 cm³/mol. The standard InChI is InChI=1S/C19H16N2O5/c1-3-25-17-7-5-4-6-13(17)10-15-19(22)26-18(20-15)14-9-8-12(2)16(11-14)21(23)24/h4-11H,3H2,1-2H3/b15-10-. The summed E-state index contributed by atoms with van der Waals surface area (Å²) >= 11 is 0. The van der Waals surface area contributed by atoms with Crippen molar-refractivity contribution in [1.82, 2.24) is 0 Å². The van der Waals surface area contributed by atoms with Crippen LogP contribution in [0.3, 0.4) is 0 Å². The molecule has 0 aliphatic carbocycles. The summed E-state index contributed by atoms with van der Waals surface area (Å²) in [6.45, 7) is 4.00. The van der Waals surface area contributed by atoms with Gasteiger partial charge in [-0.15, -0.1) is 0 Å². The van der Waals surface area contributed by atoms with Crippen LogP contribution in [0.1, 0.15) is 23.6 Å². The molecule has 2 aromatic carbocycles. The van der Waals surface area contributed by atoms with Gasteiger partial charge in [-0.2, -0.15) is 0 Å². The van der Waals surface area contributed by atoms with Crippen LogP contribution in [0.4, 0.5) is 5.69 Å². The van der Waals surface area contributed by atoms with Gasteiger partial charge in [0.2, 0.25) is 5.90 Å². The SMILES string of the molecule is CCOc1ccccc1/C=C1\N=C(c2ccc(C)c([N+](=O)[O-])c2)OC1=O. The van der Waals surface area contributed by atoms with E-state index in [0.717, 1.165) is 0 Å². The molecule has 0 bridgehead atoms. The molecular formula is C19H16N2O5. The van der Waals surface area contributed by atoms with Crippen molar-refractivity contribution in [2.24, 2.45) is 4.99 Å². The molecule has 1 aliphatic heterocycles. The number of aryl methyl sites for hydroxylation is 1. The Morgan fingerprint density at radius 3 is 2.77 bits per heavy atom. The Bertz CT molecular complexity index is 947. The number of nitro groups is 1. The lowest BCUT2D eigenvalue weighted by molar-refractivity contribution is -0.385. The Kier molecular flexibility index (Phi) is 4.79. The van der Waals surface area contributed by atoms with E-state index in [1.165, 1.54) is 6.07 Å². The van der Waals surface area contributed by atoms with E-state index in [4.69, 9.17) is 9.47 Å². The van der Waals surface area contributed by atoms with Gasteiger partial charge >= 0.3 is 5.97 Å². The number of carbonyl (C=O) groups is 1. The molecule has 1 heterocycles. The number of rotatable bonds is 5. The van der Waals surface area contributed by atoms with Gasteiger partial charge in [-0.25, -0.2) is 9.79 Å². The summed E-state index contributed by atoms with van der Waals surface area (Å²) in [7, 11) is 0. The van der Waals surface area contributed by atoms with Crippen LogP contribution < -0.4 is 4.74 Å². The lowest BCUT2D eigenvalue weighted by Crippen LogP contribution is -2.06. The number of esters is 1. The number of ether oxygens (including phenoxy) is 2. The first-order valence-electron chi connectivity index (χ1n) is 7.99. The molecule has 0 N–H and O–H groups in total. The summed E-state index contributed by atoms with van der Waals surface area (Å²) in [5, 5.41) is 11.1. The second kappa shape index (κ2) is 7.18. The molecule has 3 rings (SSSR count). The Balaban J connectivity index is 1.98. The number of para-hydroxylation sites is 1. The van der Waals surface area contributed by atoms with E-state index in [-0.39, 0.29) is 17.3 Å². The van der Waals surface area contributed by atoms with E-state index < -0.39 is 10.9 Å². The topological polar surface area (TPSA) is 91.0 Å². The first-order valence-corrected chi connectivity index (χ1v) is 7.99. The number of hydrogen-bond acceptors (Lipinski definition) is 6. The normalized spacial score (nSPS) is 14.9. The monoisotopic (exact) mass is 352 g/mol. The second-order valence-corrected chi connectivity index (χ2v) is 5.57. The van der Waals surface area contributed by atoms with E-state index in [2.05, 4.69) is 4.99 Å². The van der Waals surface area contributed by atoms with Crippen LogP contribution in [0.2, 0.25) is 0 Å². The molecule has 0 fully saturated rings. The van der Waals surface area contributed by atoms with Gasteiger partial charge in [0.15, 0.2) is 5.70 Å². The maximum atomic E-state index is 12.1. The van der Waals surface area contributed by atoms with E-state index >= 15 is 0 Å². The molecule has 0 aromatic heterocycles. The molecular weight excluding hydrogens is 336 g/mol. The molecule has 1 aliphatic rings. The fraction of sp³-hybridized carbons (Fsp3) is 0.158. The smallest absolute Gasteiger partial charge is 0.363 e. The van der Waals surface area contributed by atoms with Crippen molar-refractivity contribution in [2.75, 3.05) is 6.61 Å². The Hall–Kier alpha value is -3.48. The maximum Gasteiger partial charge on any atom is 0.363 e. The van der Waals surface area contributed by atoms with Crippen LogP contribution in [0.15, 0.2) is 53.2 Å². The van der Waals surface area contributed by atoms with E-state index in [0.29, 0.717) is 29.0 Å². The zero-order chi connectivity index (χ0) is 18.7. The summed E-state index contributed by atoms with van der Waals surface area (Å²) in [5.41, 5.74) is 1.64. The van der Waals surface area contributed by atoms with Crippen LogP contribution >= 0.6 is 0 Å². The molecule has 132 valence electrons. The van der Waals surface area contributed by atoms with Gasteiger partial charge in [-0.05, 0) is 32.1 Å². The fourth-order valence-corrected chi connectivity index (χ4v) is 2.51. The molecule has 2 aromatic rings. The summed E-state index contributed by atoms with van der Waals surface area (Å²) in [6, 6.07) is 11.8. The summed E-state index contributed by atoms with van der Waals surface area (Å²) in [4.78, 5) is 26.9.